The molecule has 1 amide bonds. The minimum Gasteiger partial charge on any atom is -0.480 e. The molecule has 0 aromatic heterocycles. The zero-order chi connectivity index (χ0) is 16.4. The lowest BCUT2D eigenvalue weighted by molar-refractivity contribution is -0.175. The number of benzene rings is 2. The normalized spacial score (nSPS) is 21.4. The van der Waals surface area contributed by atoms with Crippen molar-refractivity contribution in [3.05, 3.63) is 66.2 Å². The average molecular weight is 311 g/mol. The first-order valence-corrected chi connectivity index (χ1v) is 7.41. The van der Waals surface area contributed by atoms with Crippen LogP contribution in [-0.4, -0.2) is 34.0 Å². The number of carboxylic acid groups (broad SMARTS) is 1. The third kappa shape index (κ3) is 2.77. The largest absolute Gasteiger partial charge is 0.480 e. The van der Waals surface area contributed by atoms with E-state index in [-0.39, 0.29) is 5.91 Å². The van der Waals surface area contributed by atoms with Crippen LogP contribution >= 0.6 is 0 Å². The summed E-state index contributed by atoms with van der Waals surface area (Å²) >= 11 is 0. The van der Waals surface area contributed by atoms with Gasteiger partial charge in [-0.05, 0) is 24.6 Å². The Hall–Kier alpha value is -2.82. The van der Waals surface area contributed by atoms with Crippen LogP contribution in [0.2, 0.25) is 0 Å². The van der Waals surface area contributed by atoms with Crippen molar-refractivity contribution in [3.63, 3.8) is 0 Å². The average Bonchev–Trinajstić information content (AvgIpc) is 2.58. The van der Waals surface area contributed by atoms with E-state index in [1.807, 2.05) is 48.5 Å². The molecule has 1 fully saturated rings. The molecule has 5 nitrogen and oxygen atoms in total. The number of carbonyl (C=O) groups is 2. The van der Waals surface area contributed by atoms with Crippen molar-refractivity contribution in [1.82, 2.24) is 4.90 Å². The minimum absolute atomic E-state index is 0.308. The molecule has 1 heterocycles. The Kier molecular flexibility index (Phi) is 4.02. The number of β-lactam (4-membered cyclic amide) rings is 1. The van der Waals surface area contributed by atoms with E-state index in [9.17, 15) is 14.7 Å². The molecule has 1 saturated heterocycles. The molecule has 0 saturated carbocycles. The Balaban J connectivity index is 1.89. The van der Waals surface area contributed by atoms with E-state index in [2.05, 4.69) is 0 Å². The number of aliphatic carboxylic acids is 1. The highest BCUT2D eigenvalue weighted by Crippen LogP contribution is 2.39. The van der Waals surface area contributed by atoms with E-state index in [4.69, 9.17) is 4.74 Å². The lowest BCUT2D eigenvalue weighted by Gasteiger charge is -2.48. The maximum Gasteiger partial charge on any atom is 0.326 e. The number of carbonyl (C=O) groups excluding carboxylic acids is 1. The standard InChI is InChI=1S/C18H17NO4/c1-12(18(21)22)19-15(13-8-4-2-5-9-13)16(17(19)20)23-14-10-6-3-7-11-14/h2-12,15-16H,1H3,(H,21,22)/t12-,15-,16+/m0/s1. The summed E-state index contributed by atoms with van der Waals surface area (Å²) in [6.07, 6.45) is -0.707. The van der Waals surface area contributed by atoms with Gasteiger partial charge in [-0.25, -0.2) is 4.79 Å². The van der Waals surface area contributed by atoms with Crippen molar-refractivity contribution in [1.29, 1.82) is 0 Å². The van der Waals surface area contributed by atoms with Gasteiger partial charge in [0.1, 0.15) is 17.8 Å². The van der Waals surface area contributed by atoms with Crippen LogP contribution in [0.4, 0.5) is 0 Å². The quantitative estimate of drug-likeness (QED) is 0.862. The first-order valence-electron chi connectivity index (χ1n) is 7.41. The van der Waals surface area contributed by atoms with Crippen molar-refractivity contribution in [2.75, 3.05) is 0 Å². The number of hydrogen-bond acceptors (Lipinski definition) is 3. The molecule has 0 spiro atoms. The lowest BCUT2D eigenvalue weighted by atomic mass is 9.88. The van der Waals surface area contributed by atoms with Gasteiger partial charge >= 0.3 is 5.97 Å². The monoisotopic (exact) mass is 311 g/mol. The van der Waals surface area contributed by atoms with Gasteiger partial charge in [-0.2, -0.15) is 0 Å². The molecule has 3 atom stereocenters. The zero-order valence-corrected chi connectivity index (χ0v) is 12.6. The van der Waals surface area contributed by atoms with Gasteiger partial charge < -0.3 is 14.7 Å². The highest BCUT2D eigenvalue weighted by atomic mass is 16.5. The molecule has 0 aliphatic carbocycles. The fourth-order valence-corrected chi connectivity index (χ4v) is 2.78. The molecule has 1 aliphatic rings. The van der Waals surface area contributed by atoms with E-state index in [0.717, 1.165) is 5.56 Å². The van der Waals surface area contributed by atoms with Crippen LogP contribution in [0, 0.1) is 0 Å². The molecule has 3 rings (SSSR count). The van der Waals surface area contributed by atoms with Crippen LogP contribution in [0.15, 0.2) is 60.7 Å². The zero-order valence-electron chi connectivity index (χ0n) is 12.6. The third-order valence-corrected chi connectivity index (χ3v) is 4.01. The molecular formula is C18H17NO4. The summed E-state index contributed by atoms with van der Waals surface area (Å²) in [6, 6.07) is 17.1. The first-order chi connectivity index (χ1) is 11.1. The van der Waals surface area contributed by atoms with E-state index >= 15 is 0 Å². The number of hydrogen-bond donors (Lipinski definition) is 1. The van der Waals surface area contributed by atoms with Gasteiger partial charge in [0.15, 0.2) is 0 Å². The van der Waals surface area contributed by atoms with Crippen LogP contribution < -0.4 is 4.74 Å². The number of ether oxygens (including phenoxy) is 1. The Morgan fingerprint density at radius 1 is 1.09 bits per heavy atom. The van der Waals surface area contributed by atoms with E-state index in [0.29, 0.717) is 5.75 Å². The summed E-state index contributed by atoms with van der Waals surface area (Å²) in [7, 11) is 0. The molecule has 0 radical (unpaired) electrons. The summed E-state index contributed by atoms with van der Waals surface area (Å²) in [4.78, 5) is 25.1. The summed E-state index contributed by atoms with van der Waals surface area (Å²) in [5.74, 6) is -0.746. The van der Waals surface area contributed by atoms with Crippen molar-refractivity contribution in [2.45, 2.75) is 25.1 Å². The van der Waals surface area contributed by atoms with Crippen molar-refractivity contribution in [3.8, 4) is 5.75 Å². The molecule has 0 bridgehead atoms. The third-order valence-electron chi connectivity index (χ3n) is 4.01. The van der Waals surface area contributed by atoms with E-state index in [1.54, 1.807) is 12.1 Å². The topological polar surface area (TPSA) is 66.8 Å². The summed E-state index contributed by atoms with van der Waals surface area (Å²) < 4.78 is 5.81. The summed E-state index contributed by atoms with van der Waals surface area (Å²) in [5.41, 5.74) is 0.862. The maximum absolute atomic E-state index is 12.4. The van der Waals surface area contributed by atoms with Gasteiger partial charge in [-0.15, -0.1) is 0 Å². The Morgan fingerprint density at radius 3 is 2.22 bits per heavy atom. The fraction of sp³-hybridized carbons (Fsp3) is 0.222. The van der Waals surface area contributed by atoms with Gasteiger partial charge in [-0.1, -0.05) is 48.5 Å². The molecular weight excluding hydrogens is 294 g/mol. The molecule has 1 N–H and O–H groups in total. The molecule has 5 heteroatoms. The highest BCUT2D eigenvalue weighted by molar-refractivity contribution is 5.93. The smallest absolute Gasteiger partial charge is 0.326 e. The Bertz CT molecular complexity index is 701. The van der Waals surface area contributed by atoms with Crippen LogP contribution in [-0.2, 0) is 9.59 Å². The van der Waals surface area contributed by atoms with Crippen molar-refractivity contribution in [2.24, 2.45) is 0 Å². The molecule has 2 aromatic rings. The second kappa shape index (κ2) is 6.12. The van der Waals surface area contributed by atoms with Gasteiger partial charge in [0.25, 0.3) is 5.91 Å². The predicted molar refractivity (Wildman–Crippen MR) is 84.0 cm³/mol. The SMILES string of the molecule is C[C@@H](C(=O)O)N1C(=O)[C@H](Oc2ccccc2)[C@@H]1c1ccccc1. The first kappa shape index (κ1) is 15.1. The van der Waals surface area contributed by atoms with Gasteiger partial charge in [0, 0.05) is 0 Å². The summed E-state index contributed by atoms with van der Waals surface area (Å²) in [5, 5.41) is 9.24. The molecule has 118 valence electrons. The molecule has 23 heavy (non-hydrogen) atoms. The lowest BCUT2D eigenvalue weighted by Crippen LogP contribution is -2.65. The molecule has 2 aromatic carbocycles. The Morgan fingerprint density at radius 2 is 1.65 bits per heavy atom. The predicted octanol–water partition coefficient (Wildman–Crippen LogP) is 2.49. The number of amides is 1. The van der Waals surface area contributed by atoms with E-state index < -0.39 is 24.2 Å². The summed E-state index contributed by atoms with van der Waals surface area (Å²) in [6.45, 7) is 1.51. The molecule has 0 unspecified atom stereocenters. The number of carboxylic acids is 1. The van der Waals surface area contributed by atoms with E-state index in [1.165, 1.54) is 11.8 Å². The maximum atomic E-state index is 12.4. The highest BCUT2D eigenvalue weighted by Gasteiger charge is 2.53. The van der Waals surface area contributed by atoms with Crippen LogP contribution in [0.5, 0.6) is 5.75 Å². The van der Waals surface area contributed by atoms with Gasteiger partial charge in [0.2, 0.25) is 6.10 Å². The number of nitrogens with zero attached hydrogens (tertiary/aromatic N) is 1. The van der Waals surface area contributed by atoms with Crippen LogP contribution in [0.3, 0.4) is 0 Å². The molecule has 1 aliphatic heterocycles. The number of rotatable bonds is 5. The Labute approximate surface area is 134 Å². The van der Waals surface area contributed by atoms with Crippen LogP contribution in [0.25, 0.3) is 0 Å². The second-order valence-electron chi connectivity index (χ2n) is 5.47. The minimum atomic E-state index is -1.03. The van der Waals surface area contributed by atoms with Crippen molar-refractivity contribution < 1.29 is 19.4 Å². The number of likely N-dealkylation sites (tertiary alicyclic amines) is 1. The van der Waals surface area contributed by atoms with Crippen LogP contribution in [0.1, 0.15) is 18.5 Å². The second-order valence-corrected chi connectivity index (χ2v) is 5.47. The van der Waals surface area contributed by atoms with Gasteiger partial charge in [-0.3, -0.25) is 4.79 Å². The van der Waals surface area contributed by atoms with Crippen molar-refractivity contribution >= 4 is 11.9 Å². The van der Waals surface area contributed by atoms with Gasteiger partial charge in [0.05, 0.1) is 0 Å². The number of para-hydroxylation sites is 1. The fourth-order valence-electron chi connectivity index (χ4n) is 2.78.